The molecule has 1 amide bonds. The summed E-state index contributed by atoms with van der Waals surface area (Å²) in [5.74, 6) is 0.312. The van der Waals surface area contributed by atoms with Crippen LogP contribution in [-0.2, 0) is 9.53 Å². The number of aromatic nitrogens is 1. The minimum absolute atomic E-state index is 0.0403. The Labute approximate surface area is 138 Å². The van der Waals surface area contributed by atoms with Crippen LogP contribution in [0.2, 0.25) is 15.2 Å². The van der Waals surface area contributed by atoms with Crippen molar-refractivity contribution in [2.24, 2.45) is 0 Å². The second-order valence-electron chi connectivity index (χ2n) is 5.01. The predicted octanol–water partition coefficient (Wildman–Crippen LogP) is 2.77. The average Bonchev–Trinajstić information content (AvgIpc) is 2.42. The number of nitrogens with one attached hydrogen (secondary N) is 1. The van der Waals surface area contributed by atoms with Crippen LogP contribution in [0.25, 0.3) is 0 Å². The van der Waals surface area contributed by atoms with Gasteiger partial charge in [0.05, 0.1) is 23.3 Å². The molecule has 2 rings (SSSR count). The quantitative estimate of drug-likeness (QED) is 0.850. The second kappa shape index (κ2) is 7.01. The van der Waals surface area contributed by atoms with Gasteiger partial charge < -0.3 is 15.0 Å². The molecule has 1 atom stereocenters. The van der Waals surface area contributed by atoms with Gasteiger partial charge in [0.25, 0.3) is 0 Å². The van der Waals surface area contributed by atoms with Crippen LogP contribution in [0, 0.1) is 0 Å². The number of amides is 1. The van der Waals surface area contributed by atoms with E-state index in [0.29, 0.717) is 24.0 Å². The maximum Gasteiger partial charge on any atom is 0.245 e. The number of hydrogen-bond acceptors (Lipinski definition) is 4. The molecule has 1 aromatic rings. The number of carbonyl (C=O) groups is 1. The van der Waals surface area contributed by atoms with Gasteiger partial charge in [-0.05, 0) is 19.9 Å². The van der Waals surface area contributed by atoms with Crippen molar-refractivity contribution in [2.45, 2.75) is 25.9 Å². The van der Waals surface area contributed by atoms with Gasteiger partial charge in [0.1, 0.15) is 17.0 Å². The molecule has 0 radical (unpaired) electrons. The predicted molar refractivity (Wildman–Crippen MR) is 84.5 cm³/mol. The van der Waals surface area contributed by atoms with E-state index in [4.69, 9.17) is 39.5 Å². The normalized spacial score (nSPS) is 19.0. The van der Waals surface area contributed by atoms with Crippen LogP contribution in [0.3, 0.4) is 0 Å². The summed E-state index contributed by atoms with van der Waals surface area (Å²) in [5.41, 5.74) is 0. The largest absolute Gasteiger partial charge is 0.377 e. The first-order chi connectivity index (χ1) is 9.90. The van der Waals surface area contributed by atoms with E-state index in [1.807, 2.05) is 13.8 Å². The summed E-state index contributed by atoms with van der Waals surface area (Å²) >= 11 is 18.0. The second-order valence-corrected chi connectivity index (χ2v) is 6.19. The molecular formula is C13H16Cl3N3O2. The van der Waals surface area contributed by atoms with Crippen molar-refractivity contribution >= 4 is 46.5 Å². The number of nitrogens with zero attached hydrogens (tertiary/aromatic N) is 2. The molecule has 0 bridgehead atoms. The SMILES string of the molecule is CC(C)NC(=O)C1COCCN1c1nc(Cl)c(Cl)cc1Cl. The lowest BCUT2D eigenvalue weighted by Gasteiger charge is -2.36. The van der Waals surface area contributed by atoms with Gasteiger partial charge >= 0.3 is 0 Å². The van der Waals surface area contributed by atoms with Crippen molar-refractivity contribution in [1.29, 1.82) is 0 Å². The van der Waals surface area contributed by atoms with E-state index in [1.54, 1.807) is 4.90 Å². The molecule has 0 saturated carbocycles. The zero-order chi connectivity index (χ0) is 15.6. The molecule has 1 aromatic heterocycles. The molecule has 1 aliphatic rings. The Bertz CT molecular complexity index is 540. The zero-order valence-electron chi connectivity index (χ0n) is 11.7. The number of rotatable bonds is 3. The topological polar surface area (TPSA) is 54.5 Å². The standard InChI is InChI=1S/C13H16Cl3N3O2/c1-7(2)17-13(20)10-6-21-4-3-19(10)12-9(15)5-8(14)11(16)18-12/h5,7,10H,3-4,6H2,1-2H3,(H,17,20). The van der Waals surface area contributed by atoms with E-state index in [0.717, 1.165) is 0 Å². The highest BCUT2D eigenvalue weighted by atomic mass is 35.5. The summed E-state index contributed by atoms with van der Waals surface area (Å²) in [6, 6.07) is 1.07. The summed E-state index contributed by atoms with van der Waals surface area (Å²) in [7, 11) is 0. The maximum atomic E-state index is 12.3. The number of carbonyl (C=O) groups excluding carboxylic acids is 1. The number of anilines is 1. The van der Waals surface area contributed by atoms with E-state index in [2.05, 4.69) is 10.3 Å². The molecule has 2 heterocycles. The highest BCUT2D eigenvalue weighted by Crippen LogP contribution is 2.32. The minimum atomic E-state index is -0.497. The first-order valence-corrected chi connectivity index (χ1v) is 7.70. The fourth-order valence-corrected chi connectivity index (χ4v) is 2.69. The lowest BCUT2D eigenvalue weighted by Crippen LogP contribution is -2.55. The van der Waals surface area contributed by atoms with Crippen LogP contribution in [-0.4, -0.2) is 42.7 Å². The van der Waals surface area contributed by atoms with Gasteiger partial charge in [-0.3, -0.25) is 4.79 Å². The van der Waals surface area contributed by atoms with Gasteiger partial charge in [0, 0.05) is 12.6 Å². The Kier molecular flexibility index (Phi) is 5.54. The van der Waals surface area contributed by atoms with Crippen LogP contribution < -0.4 is 10.2 Å². The molecule has 1 N–H and O–H groups in total. The van der Waals surface area contributed by atoms with Gasteiger partial charge in [-0.2, -0.15) is 0 Å². The minimum Gasteiger partial charge on any atom is -0.377 e. The Morgan fingerprint density at radius 2 is 2.14 bits per heavy atom. The maximum absolute atomic E-state index is 12.3. The molecule has 0 aliphatic carbocycles. The van der Waals surface area contributed by atoms with E-state index in [1.165, 1.54) is 6.07 Å². The molecule has 0 aromatic carbocycles. The highest BCUT2D eigenvalue weighted by molar-refractivity contribution is 6.43. The molecule has 1 unspecified atom stereocenters. The molecule has 21 heavy (non-hydrogen) atoms. The monoisotopic (exact) mass is 351 g/mol. The Balaban J connectivity index is 2.30. The number of morpholine rings is 1. The van der Waals surface area contributed by atoms with Crippen molar-refractivity contribution < 1.29 is 9.53 Å². The number of halogens is 3. The third-order valence-electron chi connectivity index (χ3n) is 3.00. The van der Waals surface area contributed by atoms with Gasteiger partial charge in [0.15, 0.2) is 0 Å². The lowest BCUT2D eigenvalue weighted by molar-refractivity contribution is -0.125. The third-order valence-corrected chi connectivity index (χ3v) is 3.95. The molecule has 0 spiro atoms. The molecule has 1 fully saturated rings. The first kappa shape index (κ1) is 16.6. The van der Waals surface area contributed by atoms with Crippen molar-refractivity contribution in [3.63, 3.8) is 0 Å². The Morgan fingerprint density at radius 3 is 2.81 bits per heavy atom. The van der Waals surface area contributed by atoms with Gasteiger partial charge in [0.2, 0.25) is 5.91 Å². The van der Waals surface area contributed by atoms with E-state index in [9.17, 15) is 4.79 Å². The number of pyridine rings is 1. The molecule has 5 nitrogen and oxygen atoms in total. The van der Waals surface area contributed by atoms with E-state index in [-0.39, 0.29) is 28.7 Å². The van der Waals surface area contributed by atoms with Crippen molar-refractivity contribution in [2.75, 3.05) is 24.7 Å². The van der Waals surface area contributed by atoms with Gasteiger partial charge in [-0.25, -0.2) is 4.98 Å². The molecule has 116 valence electrons. The Morgan fingerprint density at radius 1 is 1.43 bits per heavy atom. The molecular weight excluding hydrogens is 337 g/mol. The van der Waals surface area contributed by atoms with Crippen LogP contribution in [0.5, 0.6) is 0 Å². The lowest BCUT2D eigenvalue weighted by atomic mass is 10.2. The number of ether oxygens (including phenoxy) is 1. The van der Waals surface area contributed by atoms with E-state index < -0.39 is 6.04 Å². The fraction of sp³-hybridized carbons (Fsp3) is 0.538. The molecule has 8 heteroatoms. The van der Waals surface area contributed by atoms with Crippen LogP contribution in [0.15, 0.2) is 6.07 Å². The van der Waals surface area contributed by atoms with Crippen LogP contribution in [0.4, 0.5) is 5.82 Å². The molecule has 1 saturated heterocycles. The molecule has 1 aliphatic heterocycles. The van der Waals surface area contributed by atoms with Crippen molar-refractivity contribution in [3.8, 4) is 0 Å². The van der Waals surface area contributed by atoms with Gasteiger partial charge in [-0.1, -0.05) is 34.8 Å². The van der Waals surface area contributed by atoms with Gasteiger partial charge in [-0.15, -0.1) is 0 Å². The summed E-state index contributed by atoms with van der Waals surface area (Å²) in [4.78, 5) is 18.3. The summed E-state index contributed by atoms with van der Waals surface area (Å²) < 4.78 is 5.40. The smallest absolute Gasteiger partial charge is 0.245 e. The fourth-order valence-electron chi connectivity index (χ4n) is 2.09. The van der Waals surface area contributed by atoms with Crippen LogP contribution >= 0.6 is 34.8 Å². The average molecular weight is 353 g/mol. The summed E-state index contributed by atoms with van der Waals surface area (Å²) in [5, 5.41) is 3.66. The summed E-state index contributed by atoms with van der Waals surface area (Å²) in [6.45, 7) is 5.06. The third kappa shape index (κ3) is 3.92. The Hall–Kier alpha value is -0.750. The first-order valence-electron chi connectivity index (χ1n) is 6.56. The highest BCUT2D eigenvalue weighted by Gasteiger charge is 2.32. The summed E-state index contributed by atoms with van der Waals surface area (Å²) in [6.07, 6.45) is 0. The van der Waals surface area contributed by atoms with Crippen molar-refractivity contribution in [3.05, 3.63) is 21.3 Å². The van der Waals surface area contributed by atoms with Crippen molar-refractivity contribution in [1.82, 2.24) is 10.3 Å². The number of hydrogen-bond donors (Lipinski definition) is 1. The van der Waals surface area contributed by atoms with Crippen LogP contribution in [0.1, 0.15) is 13.8 Å². The van der Waals surface area contributed by atoms with E-state index >= 15 is 0 Å². The zero-order valence-corrected chi connectivity index (χ0v) is 14.0.